The molecule has 2 atom stereocenters. The third kappa shape index (κ3) is 2.40. The zero-order valence-corrected chi connectivity index (χ0v) is 11.6. The van der Waals surface area contributed by atoms with Crippen molar-refractivity contribution in [3.8, 4) is 11.8 Å². The van der Waals surface area contributed by atoms with E-state index in [9.17, 15) is 9.90 Å². The molecule has 2 amide bonds. The second kappa shape index (κ2) is 5.02. The number of rotatable bonds is 1. The Labute approximate surface area is 117 Å². The number of benzene rings is 1. The first-order chi connectivity index (χ1) is 9.39. The zero-order valence-electron chi connectivity index (χ0n) is 11.6. The largest absolute Gasteiger partial charge is 0.485 e. The van der Waals surface area contributed by atoms with Crippen LogP contribution >= 0.6 is 0 Å². The molecule has 1 aromatic rings. The fraction of sp³-hybridized carbons (Fsp3) is 0.429. The predicted octanol–water partition coefficient (Wildman–Crippen LogP) is 1.06. The van der Waals surface area contributed by atoms with E-state index in [0.29, 0.717) is 16.9 Å². The molecule has 0 saturated carbocycles. The van der Waals surface area contributed by atoms with Crippen molar-refractivity contribution in [2.24, 2.45) is 0 Å². The quantitative estimate of drug-likeness (QED) is 0.714. The maximum absolute atomic E-state index is 11.5. The van der Waals surface area contributed by atoms with Crippen molar-refractivity contribution in [2.75, 3.05) is 7.05 Å². The Hall–Kier alpha value is -2.26. The number of nitrogens with one attached hydrogen (secondary N) is 2. The van der Waals surface area contributed by atoms with E-state index in [1.807, 2.05) is 6.07 Å². The number of hydrogen-bond acceptors (Lipinski definition) is 4. The van der Waals surface area contributed by atoms with Crippen LogP contribution in [0.1, 0.15) is 31.1 Å². The summed E-state index contributed by atoms with van der Waals surface area (Å²) >= 11 is 0. The fourth-order valence-electron chi connectivity index (χ4n) is 2.31. The van der Waals surface area contributed by atoms with Crippen molar-refractivity contribution in [1.82, 2.24) is 10.6 Å². The SMILES string of the molecule is CNC(=O)N[C@H]1[C@H](O)c2cc(C#N)ccc2OC1(C)C. The first-order valence-electron chi connectivity index (χ1n) is 6.28. The van der Waals surface area contributed by atoms with Crippen LogP contribution in [0, 0.1) is 11.3 Å². The van der Waals surface area contributed by atoms with E-state index in [0.717, 1.165) is 0 Å². The summed E-state index contributed by atoms with van der Waals surface area (Å²) in [7, 11) is 1.50. The Morgan fingerprint density at radius 2 is 2.20 bits per heavy atom. The number of amides is 2. The maximum Gasteiger partial charge on any atom is 0.314 e. The summed E-state index contributed by atoms with van der Waals surface area (Å²) in [4.78, 5) is 11.5. The van der Waals surface area contributed by atoms with Crippen LogP contribution in [0.25, 0.3) is 0 Å². The first-order valence-corrected chi connectivity index (χ1v) is 6.28. The number of carbonyl (C=O) groups excluding carboxylic acids is 1. The van der Waals surface area contributed by atoms with Crippen LogP contribution < -0.4 is 15.4 Å². The Morgan fingerprint density at radius 3 is 2.80 bits per heavy atom. The highest BCUT2D eigenvalue weighted by molar-refractivity contribution is 5.74. The maximum atomic E-state index is 11.5. The van der Waals surface area contributed by atoms with Crippen LogP contribution in [0.2, 0.25) is 0 Å². The van der Waals surface area contributed by atoms with Gasteiger partial charge in [-0.05, 0) is 32.0 Å². The number of nitrogens with zero attached hydrogens (tertiary/aromatic N) is 1. The molecule has 0 radical (unpaired) electrons. The summed E-state index contributed by atoms with van der Waals surface area (Å²) < 4.78 is 5.84. The lowest BCUT2D eigenvalue weighted by atomic mass is 9.85. The summed E-state index contributed by atoms with van der Waals surface area (Å²) in [6.45, 7) is 3.58. The highest BCUT2D eigenvalue weighted by Crippen LogP contribution is 2.40. The van der Waals surface area contributed by atoms with Gasteiger partial charge in [0.1, 0.15) is 17.5 Å². The van der Waals surface area contributed by atoms with E-state index in [-0.39, 0.29) is 0 Å². The van der Waals surface area contributed by atoms with E-state index >= 15 is 0 Å². The molecule has 3 N–H and O–H groups in total. The highest BCUT2D eigenvalue weighted by Gasteiger charge is 2.44. The summed E-state index contributed by atoms with van der Waals surface area (Å²) in [5.74, 6) is 0.524. The lowest BCUT2D eigenvalue weighted by Gasteiger charge is -2.43. The van der Waals surface area contributed by atoms with Gasteiger partial charge in [-0.15, -0.1) is 0 Å². The molecular weight excluding hydrogens is 258 g/mol. The molecule has 0 fully saturated rings. The number of fused-ring (bicyclic) bond motifs is 1. The van der Waals surface area contributed by atoms with Gasteiger partial charge in [-0.3, -0.25) is 0 Å². The molecule has 6 heteroatoms. The molecule has 1 aliphatic rings. The predicted molar refractivity (Wildman–Crippen MR) is 72.2 cm³/mol. The number of aliphatic hydroxyl groups is 1. The fourth-order valence-corrected chi connectivity index (χ4v) is 2.31. The zero-order chi connectivity index (χ0) is 14.9. The van der Waals surface area contributed by atoms with E-state index in [4.69, 9.17) is 10.00 Å². The second-order valence-electron chi connectivity index (χ2n) is 5.22. The molecule has 0 aromatic heterocycles. The normalized spacial score (nSPS) is 22.9. The van der Waals surface area contributed by atoms with E-state index in [2.05, 4.69) is 10.6 Å². The third-order valence-corrected chi connectivity index (χ3v) is 3.41. The van der Waals surface area contributed by atoms with Gasteiger partial charge in [0.15, 0.2) is 0 Å². The molecule has 1 heterocycles. The monoisotopic (exact) mass is 275 g/mol. The van der Waals surface area contributed by atoms with Crippen LogP contribution in [0.3, 0.4) is 0 Å². The van der Waals surface area contributed by atoms with Gasteiger partial charge in [-0.1, -0.05) is 0 Å². The summed E-state index contributed by atoms with van der Waals surface area (Å²) in [5, 5.41) is 24.5. The minimum absolute atomic E-state index is 0.398. The van der Waals surface area contributed by atoms with Gasteiger partial charge >= 0.3 is 6.03 Å². The molecule has 6 nitrogen and oxygen atoms in total. The molecule has 1 aliphatic heterocycles. The van der Waals surface area contributed by atoms with Gasteiger partial charge in [0.2, 0.25) is 0 Å². The van der Waals surface area contributed by atoms with E-state index < -0.39 is 23.8 Å². The number of nitriles is 1. The minimum Gasteiger partial charge on any atom is -0.485 e. The molecule has 0 saturated heterocycles. The average molecular weight is 275 g/mol. The number of hydrogen-bond donors (Lipinski definition) is 3. The highest BCUT2D eigenvalue weighted by atomic mass is 16.5. The summed E-state index contributed by atoms with van der Waals surface area (Å²) in [6.07, 6.45) is -0.945. The molecule has 1 aromatic carbocycles. The van der Waals surface area contributed by atoms with Crippen LogP contribution in [-0.2, 0) is 0 Å². The molecule has 0 unspecified atom stereocenters. The number of urea groups is 1. The minimum atomic E-state index is -0.945. The molecule has 0 spiro atoms. The number of aliphatic hydroxyl groups excluding tert-OH is 1. The molecule has 2 rings (SSSR count). The van der Waals surface area contributed by atoms with E-state index in [1.165, 1.54) is 7.05 Å². The standard InChI is InChI=1S/C14H17N3O3/c1-14(2)12(17-13(19)16-3)11(18)9-6-8(7-15)4-5-10(9)20-14/h4-6,11-12,18H,1-3H3,(H2,16,17,19)/t11-,12+/m1/s1. The molecule has 0 aliphatic carbocycles. The van der Waals surface area contributed by atoms with E-state index in [1.54, 1.807) is 32.0 Å². The van der Waals surface area contributed by atoms with Crippen molar-refractivity contribution in [1.29, 1.82) is 5.26 Å². The van der Waals surface area contributed by atoms with Gasteiger partial charge in [-0.2, -0.15) is 5.26 Å². The van der Waals surface area contributed by atoms with Gasteiger partial charge in [-0.25, -0.2) is 4.79 Å². The van der Waals surface area contributed by atoms with Crippen molar-refractivity contribution < 1.29 is 14.6 Å². The number of ether oxygens (including phenoxy) is 1. The second-order valence-corrected chi connectivity index (χ2v) is 5.22. The Bertz CT molecular complexity index is 578. The molecule has 20 heavy (non-hydrogen) atoms. The van der Waals surface area contributed by atoms with Crippen molar-refractivity contribution in [3.05, 3.63) is 29.3 Å². The van der Waals surface area contributed by atoms with Gasteiger partial charge < -0.3 is 20.5 Å². The Balaban J connectivity index is 2.41. The topological polar surface area (TPSA) is 94.4 Å². The van der Waals surface area contributed by atoms with Crippen molar-refractivity contribution in [2.45, 2.75) is 31.6 Å². The molecule has 106 valence electrons. The van der Waals surface area contributed by atoms with Gasteiger partial charge in [0, 0.05) is 12.6 Å². The van der Waals surface area contributed by atoms with Crippen LogP contribution in [-0.4, -0.2) is 29.8 Å². The third-order valence-electron chi connectivity index (χ3n) is 3.41. The smallest absolute Gasteiger partial charge is 0.314 e. The van der Waals surface area contributed by atoms with Gasteiger partial charge in [0.25, 0.3) is 0 Å². The summed E-state index contributed by atoms with van der Waals surface area (Å²) in [6, 6.07) is 5.87. The Kier molecular flexibility index (Phi) is 3.55. The van der Waals surface area contributed by atoms with Crippen molar-refractivity contribution >= 4 is 6.03 Å². The first kappa shape index (κ1) is 14.2. The molecular formula is C14H17N3O3. The summed E-state index contributed by atoms with van der Waals surface area (Å²) in [5.41, 5.74) is 0.169. The van der Waals surface area contributed by atoms with Crippen molar-refractivity contribution in [3.63, 3.8) is 0 Å². The van der Waals surface area contributed by atoms with Crippen LogP contribution in [0.4, 0.5) is 4.79 Å². The average Bonchev–Trinajstić information content (AvgIpc) is 2.42. The van der Waals surface area contributed by atoms with Crippen LogP contribution in [0.15, 0.2) is 18.2 Å². The Morgan fingerprint density at radius 1 is 1.50 bits per heavy atom. The lowest BCUT2D eigenvalue weighted by Crippen LogP contribution is -2.59. The van der Waals surface area contributed by atoms with Crippen LogP contribution in [0.5, 0.6) is 5.75 Å². The molecule has 0 bridgehead atoms. The van der Waals surface area contributed by atoms with Gasteiger partial charge in [0.05, 0.1) is 17.7 Å². The number of carbonyl (C=O) groups is 1. The lowest BCUT2D eigenvalue weighted by molar-refractivity contribution is -0.0228.